The molecule has 33 heavy (non-hydrogen) atoms. The van der Waals surface area contributed by atoms with Gasteiger partial charge in [-0.15, -0.1) is 0 Å². The van der Waals surface area contributed by atoms with Crippen LogP contribution in [0.1, 0.15) is 34.3 Å². The van der Waals surface area contributed by atoms with Crippen molar-refractivity contribution >= 4 is 16.8 Å². The molecule has 0 aliphatic carbocycles. The quantitative estimate of drug-likeness (QED) is 0.624. The van der Waals surface area contributed by atoms with Crippen LogP contribution in [0.2, 0.25) is 0 Å². The van der Waals surface area contributed by atoms with Crippen molar-refractivity contribution in [1.29, 1.82) is 0 Å². The number of likely N-dealkylation sites (N-methyl/N-ethyl adjacent to an activating group) is 1. The maximum Gasteiger partial charge on any atom is 0.253 e. The van der Waals surface area contributed by atoms with Gasteiger partial charge in [0.1, 0.15) is 0 Å². The van der Waals surface area contributed by atoms with Crippen LogP contribution in [0.5, 0.6) is 0 Å². The summed E-state index contributed by atoms with van der Waals surface area (Å²) in [4.78, 5) is 23.7. The second-order valence-electron chi connectivity index (χ2n) is 9.89. The number of nitrogens with one attached hydrogen (secondary N) is 1. The molecule has 3 aromatic rings. The second-order valence-corrected chi connectivity index (χ2v) is 9.89. The maximum atomic E-state index is 13.3. The number of H-pyrrole nitrogens is 1. The summed E-state index contributed by atoms with van der Waals surface area (Å²) >= 11 is 0. The minimum absolute atomic E-state index is 0.182. The van der Waals surface area contributed by atoms with Crippen molar-refractivity contribution in [2.45, 2.75) is 25.7 Å². The average Bonchev–Trinajstić information content (AvgIpc) is 3.27. The summed E-state index contributed by atoms with van der Waals surface area (Å²) in [7, 11) is 2.20. The highest BCUT2D eigenvalue weighted by Crippen LogP contribution is 2.25. The maximum absolute atomic E-state index is 13.3. The smallest absolute Gasteiger partial charge is 0.253 e. The van der Waals surface area contributed by atoms with Gasteiger partial charge in [0, 0.05) is 68.5 Å². The first-order valence-electron chi connectivity index (χ1n) is 12.5. The minimum Gasteiger partial charge on any atom is -0.361 e. The van der Waals surface area contributed by atoms with Gasteiger partial charge in [-0.05, 0) is 68.0 Å². The number of rotatable bonds is 6. The Labute approximate surface area is 197 Å². The van der Waals surface area contributed by atoms with Crippen LogP contribution >= 0.6 is 0 Å². The molecule has 1 N–H and O–H groups in total. The summed E-state index contributed by atoms with van der Waals surface area (Å²) < 4.78 is 0. The molecule has 174 valence electrons. The SMILES string of the molecule is CN1CCN(CCc2c[nH]c3ccc(C(=O)N4CCC(Cc5ccccc5)CC4)cc23)CC1. The Balaban J connectivity index is 1.20. The molecule has 1 aromatic heterocycles. The molecular formula is C28H36N4O. The van der Waals surface area contributed by atoms with Crippen LogP contribution in [0.15, 0.2) is 54.7 Å². The van der Waals surface area contributed by atoms with Crippen LogP contribution in [0.4, 0.5) is 0 Å². The lowest BCUT2D eigenvalue weighted by Crippen LogP contribution is -2.45. The van der Waals surface area contributed by atoms with E-state index >= 15 is 0 Å². The number of aromatic amines is 1. The molecule has 1 amide bonds. The fourth-order valence-electron chi connectivity index (χ4n) is 5.34. The largest absolute Gasteiger partial charge is 0.361 e. The van der Waals surface area contributed by atoms with Crippen molar-refractivity contribution in [2.75, 3.05) is 52.9 Å². The van der Waals surface area contributed by atoms with Gasteiger partial charge in [0.15, 0.2) is 0 Å². The third kappa shape index (κ3) is 5.31. The van der Waals surface area contributed by atoms with Crippen LogP contribution in [-0.2, 0) is 12.8 Å². The number of hydrogen-bond donors (Lipinski definition) is 1. The molecule has 2 fully saturated rings. The van der Waals surface area contributed by atoms with Crippen molar-refractivity contribution < 1.29 is 4.79 Å². The molecule has 5 heteroatoms. The summed E-state index contributed by atoms with van der Waals surface area (Å²) in [6.07, 6.45) is 6.44. The molecule has 2 aromatic carbocycles. The van der Waals surface area contributed by atoms with Crippen molar-refractivity contribution in [3.63, 3.8) is 0 Å². The van der Waals surface area contributed by atoms with Crippen LogP contribution < -0.4 is 0 Å². The van der Waals surface area contributed by atoms with Gasteiger partial charge < -0.3 is 19.7 Å². The Morgan fingerprint density at radius 2 is 1.73 bits per heavy atom. The summed E-state index contributed by atoms with van der Waals surface area (Å²) in [6.45, 7) is 7.37. The first kappa shape index (κ1) is 22.2. The minimum atomic E-state index is 0.182. The molecule has 2 saturated heterocycles. The Morgan fingerprint density at radius 1 is 0.970 bits per heavy atom. The van der Waals surface area contributed by atoms with Crippen LogP contribution in [0, 0.1) is 5.92 Å². The molecule has 3 heterocycles. The first-order chi connectivity index (χ1) is 16.2. The van der Waals surface area contributed by atoms with Crippen LogP contribution in [0.25, 0.3) is 10.9 Å². The van der Waals surface area contributed by atoms with E-state index < -0.39 is 0 Å². The van der Waals surface area contributed by atoms with Gasteiger partial charge in [-0.1, -0.05) is 30.3 Å². The predicted octanol–water partition coefficient (Wildman–Crippen LogP) is 4.05. The van der Waals surface area contributed by atoms with Gasteiger partial charge in [0.25, 0.3) is 5.91 Å². The third-order valence-corrected chi connectivity index (χ3v) is 7.58. The molecule has 5 rings (SSSR count). The summed E-state index contributed by atoms with van der Waals surface area (Å²) in [6, 6.07) is 16.9. The molecule has 5 nitrogen and oxygen atoms in total. The number of benzene rings is 2. The number of hydrogen-bond acceptors (Lipinski definition) is 3. The fourth-order valence-corrected chi connectivity index (χ4v) is 5.34. The molecule has 2 aliphatic heterocycles. The van der Waals surface area contributed by atoms with E-state index in [2.05, 4.69) is 75.4 Å². The van der Waals surface area contributed by atoms with E-state index in [1.165, 1.54) is 16.5 Å². The molecular weight excluding hydrogens is 408 g/mol. The Hall–Kier alpha value is -2.63. The topological polar surface area (TPSA) is 42.6 Å². The fraction of sp³-hybridized carbons (Fsp3) is 0.464. The van der Waals surface area contributed by atoms with Gasteiger partial charge in [-0.25, -0.2) is 0 Å². The lowest BCUT2D eigenvalue weighted by atomic mass is 9.90. The molecule has 0 spiro atoms. The van der Waals surface area contributed by atoms with E-state index in [1.807, 2.05) is 6.07 Å². The molecule has 0 radical (unpaired) electrons. The van der Waals surface area contributed by atoms with E-state index in [1.54, 1.807) is 0 Å². The van der Waals surface area contributed by atoms with E-state index in [-0.39, 0.29) is 5.91 Å². The second kappa shape index (κ2) is 10.1. The van der Waals surface area contributed by atoms with Gasteiger partial charge in [-0.3, -0.25) is 4.79 Å². The lowest BCUT2D eigenvalue weighted by molar-refractivity contribution is 0.0690. The third-order valence-electron chi connectivity index (χ3n) is 7.58. The average molecular weight is 445 g/mol. The lowest BCUT2D eigenvalue weighted by Gasteiger charge is -2.32. The van der Waals surface area contributed by atoms with E-state index in [0.717, 1.165) is 82.6 Å². The molecule has 2 aliphatic rings. The number of nitrogens with zero attached hydrogens (tertiary/aromatic N) is 3. The Kier molecular flexibility index (Phi) is 6.79. The highest BCUT2D eigenvalue weighted by atomic mass is 16.2. The normalized spacial score (nSPS) is 18.8. The zero-order chi connectivity index (χ0) is 22.6. The van der Waals surface area contributed by atoms with Crippen molar-refractivity contribution in [2.24, 2.45) is 5.92 Å². The number of likely N-dealkylation sites (tertiary alicyclic amines) is 1. The zero-order valence-corrected chi connectivity index (χ0v) is 19.8. The van der Waals surface area contributed by atoms with E-state index in [0.29, 0.717) is 5.92 Å². The van der Waals surface area contributed by atoms with Crippen molar-refractivity contribution in [3.05, 3.63) is 71.4 Å². The Morgan fingerprint density at radius 3 is 2.48 bits per heavy atom. The van der Waals surface area contributed by atoms with E-state index in [9.17, 15) is 4.79 Å². The summed E-state index contributed by atoms with van der Waals surface area (Å²) in [5, 5.41) is 1.20. The number of carbonyl (C=O) groups is 1. The van der Waals surface area contributed by atoms with Gasteiger partial charge >= 0.3 is 0 Å². The number of piperazine rings is 1. The number of carbonyl (C=O) groups excluding carboxylic acids is 1. The molecule has 0 saturated carbocycles. The van der Waals surface area contributed by atoms with Crippen LogP contribution in [0.3, 0.4) is 0 Å². The highest BCUT2D eigenvalue weighted by molar-refractivity contribution is 5.98. The van der Waals surface area contributed by atoms with Gasteiger partial charge in [0.2, 0.25) is 0 Å². The molecule has 0 unspecified atom stereocenters. The number of amides is 1. The van der Waals surface area contributed by atoms with Crippen LogP contribution in [-0.4, -0.2) is 78.5 Å². The van der Waals surface area contributed by atoms with Gasteiger partial charge in [-0.2, -0.15) is 0 Å². The number of aromatic nitrogens is 1. The Bertz CT molecular complexity index is 1060. The predicted molar refractivity (Wildman–Crippen MR) is 135 cm³/mol. The summed E-state index contributed by atoms with van der Waals surface area (Å²) in [5.41, 5.74) is 4.68. The number of fused-ring (bicyclic) bond motifs is 1. The molecule has 0 atom stereocenters. The molecule has 0 bridgehead atoms. The standard InChI is InChI=1S/C28H36N4O/c1-30-15-17-31(18-16-30)12-11-25-21-29-27-8-7-24(20-26(25)27)28(33)32-13-9-23(10-14-32)19-22-5-3-2-4-6-22/h2-8,20-21,23,29H,9-19H2,1H3. The van der Waals surface area contributed by atoms with Crippen molar-refractivity contribution in [1.82, 2.24) is 19.7 Å². The summed E-state index contributed by atoms with van der Waals surface area (Å²) in [5.74, 6) is 0.853. The number of piperidine rings is 1. The van der Waals surface area contributed by atoms with Gasteiger partial charge in [0.05, 0.1) is 0 Å². The highest BCUT2D eigenvalue weighted by Gasteiger charge is 2.24. The first-order valence-corrected chi connectivity index (χ1v) is 12.5. The zero-order valence-electron chi connectivity index (χ0n) is 19.8. The van der Waals surface area contributed by atoms with E-state index in [4.69, 9.17) is 0 Å². The monoisotopic (exact) mass is 444 g/mol. The van der Waals surface area contributed by atoms with Crippen molar-refractivity contribution in [3.8, 4) is 0 Å².